The Morgan fingerprint density at radius 1 is 1.23 bits per heavy atom. The van der Waals surface area contributed by atoms with Crippen LogP contribution in [0, 0.1) is 12.8 Å². The zero-order valence-corrected chi connectivity index (χ0v) is 15.8. The van der Waals surface area contributed by atoms with Crippen LogP contribution in [0.2, 0.25) is 0 Å². The molecule has 144 valence electrons. The summed E-state index contributed by atoms with van der Waals surface area (Å²) >= 11 is 0. The highest BCUT2D eigenvalue weighted by molar-refractivity contribution is 5.91. The Balaban J connectivity index is 2.96. The summed E-state index contributed by atoms with van der Waals surface area (Å²) in [5.74, 6) is -1.18. The number of rotatable bonds is 8. The molecule has 1 rings (SSSR count). The van der Waals surface area contributed by atoms with Crippen molar-refractivity contribution in [2.24, 2.45) is 5.92 Å². The van der Waals surface area contributed by atoms with Crippen molar-refractivity contribution >= 4 is 17.9 Å². The zero-order valence-electron chi connectivity index (χ0n) is 15.8. The van der Waals surface area contributed by atoms with Crippen LogP contribution in [0.4, 0.5) is 4.79 Å². The predicted octanol–water partition coefficient (Wildman–Crippen LogP) is 1.33. The molecule has 0 aliphatic rings. The third kappa shape index (κ3) is 6.36. The molecule has 0 saturated heterocycles. The molecule has 2 atom stereocenters. The van der Waals surface area contributed by atoms with Crippen LogP contribution in [0.25, 0.3) is 0 Å². The van der Waals surface area contributed by atoms with Crippen LogP contribution in [-0.2, 0) is 20.8 Å². The number of nitrogens with zero attached hydrogens (tertiary/aromatic N) is 1. The van der Waals surface area contributed by atoms with Crippen LogP contribution >= 0.6 is 0 Å². The summed E-state index contributed by atoms with van der Waals surface area (Å²) in [6, 6.07) is 5.61. The van der Waals surface area contributed by atoms with Crippen molar-refractivity contribution in [3.63, 3.8) is 0 Å². The topological polar surface area (TPSA) is 108 Å². The smallest absolute Gasteiger partial charge is 0.405 e. The van der Waals surface area contributed by atoms with Crippen molar-refractivity contribution < 1.29 is 24.3 Å². The lowest BCUT2D eigenvalue weighted by molar-refractivity contribution is -0.172. The average Bonchev–Trinajstić information content (AvgIpc) is 2.56. The number of amides is 3. The van der Waals surface area contributed by atoms with Gasteiger partial charge in [-0.3, -0.25) is 14.4 Å². The summed E-state index contributed by atoms with van der Waals surface area (Å²) in [7, 11) is 2.80. The van der Waals surface area contributed by atoms with E-state index in [1.54, 1.807) is 13.8 Å². The number of hydroxylamine groups is 2. The molecule has 2 unspecified atom stereocenters. The highest BCUT2D eigenvalue weighted by Crippen LogP contribution is 2.10. The molecule has 0 aliphatic carbocycles. The molecule has 1 aromatic rings. The molecule has 0 radical (unpaired) electrons. The Hall–Kier alpha value is -2.61. The predicted molar refractivity (Wildman–Crippen MR) is 96.4 cm³/mol. The van der Waals surface area contributed by atoms with E-state index in [9.17, 15) is 14.4 Å². The second kappa shape index (κ2) is 9.76. The van der Waals surface area contributed by atoms with Crippen molar-refractivity contribution in [2.45, 2.75) is 39.3 Å². The van der Waals surface area contributed by atoms with Gasteiger partial charge >= 0.3 is 6.09 Å². The number of benzene rings is 1. The van der Waals surface area contributed by atoms with Crippen molar-refractivity contribution in [3.8, 4) is 0 Å². The number of aryl methyl sites for hydroxylation is 1. The first-order valence-electron chi connectivity index (χ1n) is 8.32. The van der Waals surface area contributed by atoms with Crippen molar-refractivity contribution in [2.75, 3.05) is 14.2 Å². The Morgan fingerprint density at radius 2 is 1.88 bits per heavy atom. The van der Waals surface area contributed by atoms with E-state index in [-0.39, 0.29) is 12.3 Å². The van der Waals surface area contributed by atoms with E-state index in [2.05, 4.69) is 10.6 Å². The molecule has 0 bridgehead atoms. The lowest BCUT2D eigenvalue weighted by Crippen LogP contribution is -2.56. The monoisotopic (exact) mass is 365 g/mol. The number of carbonyl (C=O) groups is 3. The van der Waals surface area contributed by atoms with E-state index in [1.807, 2.05) is 31.2 Å². The second-order valence-electron chi connectivity index (χ2n) is 6.44. The van der Waals surface area contributed by atoms with Gasteiger partial charge in [-0.25, -0.2) is 9.86 Å². The Kier molecular flexibility index (Phi) is 8.05. The number of nitrogens with one attached hydrogen (secondary N) is 2. The largest absolute Gasteiger partial charge is 0.465 e. The van der Waals surface area contributed by atoms with E-state index in [0.717, 1.165) is 16.2 Å². The van der Waals surface area contributed by atoms with Gasteiger partial charge < -0.3 is 15.7 Å². The zero-order chi connectivity index (χ0) is 19.9. The molecular formula is C18H27N3O5. The van der Waals surface area contributed by atoms with Crippen LogP contribution < -0.4 is 10.6 Å². The first kappa shape index (κ1) is 21.4. The lowest BCUT2D eigenvalue weighted by atomic mass is 10.0. The molecule has 8 heteroatoms. The van der Waals surface area contributed by atoms with Crippen LogP contribution in [-0.4, -0.2) is 54.3 Å². The average molecular weight is 365 g/mol. The molecule has 0 heterocycles. The maximum absolute atomic E-state index is 12.6. The van der Waals surface area contributed by atoms with Gasteiger partial charge in [0.15, 0.2) is 0 Å². The van der Waals surface area contributed by atoms with E-state index < -0.39 is 30.0 Å². The van der Waals surface area contributed by atoms with Gasteiger partial charge in [0.25, 0.3) is 5.91 Å². The van der Waals surface area contributed by atoms with Crippen LogP contribution in [0.5, 0.6) is 0 Å². The van der Waals surface area contributed by atoms with E-state index in [0.29, 0.717) is 0 Å². The number of hydrogen-bond donors (Lipinski definition) is 3. The third-order valence-corrected chi connectivity index (χ3v) is 3.95. The summed E-state index contributed by atoms with van der Waals surface area (Å²) in [6.45, 7) is 5.48. The summed E-state index contributed by atoms with van der Waals surface area (Å²) in [5, 5.41) is 14.9. The maximum atomic E-state index is 12.6. The van der Waals surface area contributed by atoms with Crippen LogP contribution in [0.15, 0.2) is 24.3 Å². The summed E-state index contributed by atoms with van der Waals surface area (Å²) in [5.41, 5.74) is 1.83. The minimum Gasteiger partial charge on any atom is -0.465 e. The molecule has 1 aromatic carbocycles. The molecule has 3 amide bonds. The first-order chi connectivity index (χ1) is 12.1. The van der Waals surface area contributed by atoms with Crippen molar-refractivity contribution in [1.29, 1.82) is 0 Å². The van der Waals surface area contributed by atoms with Crippen molar-refractivity contribution in [3.05, 3.63) is 35.4 Å². The van der Waals surface area contributed by atoms with Gasteiger partial charge in [0.2, 0.25) is 5.91 Å². The summed E-state index contributed by atoms with van der Waals surface area (Å²) < 4.78 is 0. The molecule has 0 spiro atoms. The minimum absolute atomic E-state index is 0.180. The fourth-order valence-corrected chi connectivity index (χ4v) is 2.49. The van der Waals surface area contributed by atoms with Crippen LogP contribution in [0.3, 0.4) is 0 Å². The Labute approximate surface area is 153 Å². The fraction of sp³-hybridized carbons (Fsp3) is 0.500. The molecule has 0 aliphatic heterocycles. The number of carboxylic acid groups (broad SMARTS) is 1. The summed E-state index contributed by atoms with van der Waals surface area (Å²) in [6.07, 6.45) is -1.13. The Morgan fingerprint density at radius 3 is 2.38 bits per heavy atom. The SMILES string of the molecule is CON(C)C(=O)C(NC(=O)C(Cc1cccc(C)c1)NC(=O)O)C(C)C. The van der Waals surface area contributed by atoms with Gasteiger partial charge in [-0.15, -0.1) is 0 Å². The molecule has 0 aromatic heterocycles. The van der Waals surface area contributed by atoms with Crippen molar-refractivity contribution in [1.82, 2.24) is 15.7 Å². The van der Waals surface area contributed by atoms with Gasteiger partial charge in [-0.2, -0.15) is 0 Å². The minimum atomic E-state index is -1.31. The number of carbonyl (C=O) groups excluding carboxylic acids is 2. The molecule has 26 heavy (non-hydrogen) atoms. The quantitative estimate of drug-likeness (QED) is 0.603. The normalized spacial score (nSPS) is 13.0. The maximum Gasteiger partial charge on any atom is 0.405 e. The number of likely N-dealkylation sites (N-methyl/N-ethyl adjacent to an activating group) is 1. The van der Waals surface area contributed by atoms with Gasteiger partial charge in [-0.05, 0) is 18.4 Å². The standard InChI is InChI=1S/C18H27N3O5/c1-11(2)15(17(23)21(4)26-5)20-16(22)14(19-18(24)25)10-13-8-6-7-12(3)9-13/h6-9,11,14-15,19H,10H2,1-5H3,(H,20,22)(H,24,25). The lowest BCUT2D eigenvalue weighted by Gasteiger charge is -2.27. The van der Waals surface area contributed by atoms with E-state index >= 15 is 0 Å². The van der Waals surface area contributed by atoms with Crippen LogP contribution in [0.1, 0.15) is 25.0 Å². The summed E-state index contributed by atoms with van der Waals surface area (Å²) in [4.78, 5) is 41.0. The molecule has 0 fully saturated rings. The molecular weight excluding hydrogens is 338 g/mol. The highest BCUT2D eigenvalue weighted by Gasteiger charge is 2.30. The highest BCUT2D eigenvalue weighted by atomic mass is 16.7. The first-order valence-corrected chi connectivity index (χ1v) is 8.32. The van der Waals surface area contributed by atoms with E-state index in [1.165, 1.54) is 14.2 Å². The molecule has 0 saturated carbocycles. The van der Waals surface area contributed by atoms with Gasteiger partial charge in [0.1, 0.15) is 12.1 Å². The third-order valence-electron chi connectivity index (χ3n) is 3.95. The molecule has 3 N–H and O–H groups in total. The fourth-order valence-electron chi connectivity index (χ4n) is 2.49. The van der Waals surface area contributed by atoms with Gasteiger partial charge in [0.05, 0.1) is 7.11 Å². The van der Waals surface area contributed by atoms with Gasteiger partial charge in [-0.1, -0.05) is 43.7 Å². The molecule has 8 nitrogen and oxygen atoms in total. The van der Waals surface area contributed by atoms with Gasteiger partial charge in [0, 0.05) is 13.5 Å². The number of hydrogen-bond acceptors (Lipinski definition) is 4. The Bertz CT molecular complexity index is 647. The second-order valence-corrected chi connectivity index (χ2v) is 6.44. The van der Waals surface area contributed by atoms with E-state index in [4.69, 9.17) is 9.94 Å².